The molecule has 84 valence electrons. The van der Waals surface area contributed by atoms with Crippen molar-refractivity contribution in [1.29, 1.82) is 0 Å². The summed E-state index contributed by atoms with van der Waals surface area (Å²) in [6.07, 6.45) is 8.05. The monoisotopic (exact) mass is 214 g/mol. The van der Waals surface area contributed by atoms with E-state index in [0.717, 1.165) is 5.92 Å². The van der Waals surface area contributed by atoms with E-state index in [0.29, 0.717) is 5.41 Å². The van der Waals surface area contributed by atoms with Crippen molar-refractivity contribution in [2.24, 2.45) is 11.3 Å². The topological polar surface area (TPSA) is 0 Å². The molecular weight excluding hydrogens is 188 g/mol. The van der Waals surface area contributed by atoms with Crippen molar-refractivity contribution in [2.75, 3.05) is 0 Å². The molecule has 0 aromatic rings. The predicted octanol–water partition coefficient (Wildman–Crippen LogP) is 4.69. The van der Waals surface area contributed by atoms with Gasteiger partial charge in [0.15, 0.2) is 0 Å². The second kappa shape index (κ2) is 4.47. The lowest BCUT2D eigenvalue weighted by molar-refractivity contribution is 0.279. The first kappa shape index (κ1) is 12.4. The summed E-state index contributed by atoms with van der Waals surface area (Å²) in [6.45, 7) is 9.53. The number of rotatable bonds is 0. The van der Waals surface area contributed by atoms with Crippen molar-refractivity contribution >= 4 is 12.6 Å². The molecular formula is C13H26S. The summed E-state index contributed by atoms with van der Waals surface area (Å²) in [4.78, 5) is 0. The Morgan fingerprint density at radius 2 is 1.71 bits per heavy atom. The molecule has 0 heterocycles. The lowest BCUT2D eigenvalue weighted by atomic mass is 9.82. The maximum Gasteiger partial charge on any atom is 0.0104 e. The average molecular weight is 214 g/mol. The molecule has 0 N–H and O–H groups in total. The molecule has 14 heavy (non-hydrogen) atoms. The van der Waals surface area contributed by atoms with Crippen LogP contribution in [0.15, 0.2) is 0 Å². The SMILES string of the molecule is CC1CCC(C)(C)CCCC(C)(S)C1. The van der Waals surface area contributed by atoms with Gasteiger partial charge in [-0.05, 0) is 37.0 Å². The molecule has 1 heteroatoms. The summed E-state index contributed by atoms with van der Waals surface area (Å²) in [5.41, 5.74) is 0.558. The van der Waals surface area contributed by atoms with Gasteiger partial charge in [0.05, 0.1) is 0 Å². The van der Waals surface area contributed by atoms with Gasteiger partial charge >= 0.3 is 0 Å². The fourth-order valence-electron chi connectivity index (χ4n) is 2.66. The van der Waals surface area contributed by atoms with Gasteiger partial charge in [-0.2, -0.15) is 12.6 Å². The van der Waals surface area contributed by atoms with Gasteiger partial charge in [-0.15, -0.1) is 0 Å². The van der Waals surface area contributed by atoms with E-state index in [-0.39, 0.29) is 4.75 Å². The van der Waals surface area contributed by atoms with Gasteiger partial charge in [0.25, 0.3) is 0 Å². The Morgan fingerprint density at radius 3 is 2.36 bits per heavy atom. The molecule has 1 rings (SSSR count). The number of thiol groups is 1. The van der Waals surface area contributed by atoms with Crippen LogP contribution in [0.4, 0.5) is 0 Å². The van der Waals surface area contributed by atoms with Gasteiger partial charge in [-0.1, -0.05) is 40.5 Å². The minimum Gasteiger partial charge on any atom is -0.173 e. The van der Waals surface area contributed by atoms with Crippen molar-refractivity contribution in [2.45, 2.75) is 71.0 Å². The first-order valence-corrected chi connectivity index (χ1v) is 6.48. The first-order chi connectivity index (χ1) is 6.31. The van der Waals surface area contributed by atoms with E-state index in [1.807, 2.05) is 0 Å². The van der Waals surface area contributed by atoms with Crippen LogP contribution < -0.4 is 0 Å². The Hall–Kier alpha value is 0.350. The van der Waals surface area contributed by atoms with Crippen LogP contribution in [0.1, 0.15) is 66.2 Å². The maximum atomic E-state index is 4.80. The van der Waals surface area contributed by atoms with Crippen LogP contribution in [0.3, 0.4) is 0 Å². The molecule has 0 bridgehead atoms. The van der Waals surface area contributed by atoms with Crippen LogP contribution in [0.5, 0.6) is 0 Å². The highest BCUT2D eigenvalue weighted by Crippen LogP contribution is 2.39. The van der Waals surface area contributed by atoms with Crippen molar-refractivity contribution in [1.82, 2.24) is 0 Å². The van der Waals surface area contributed by atoms with E-state index in [4.69, 9.17) is 12.6 Å². The zero-order chi connectivity index (χ0) is 10.8. The molecule has 0 aliphatic heterocycles. The van der Waals surface area contributed by atoms with E-state index in [2.05, 4.69) is 27.7 Å². The van der Waals surface area contributed by atoms with E-state index in [9.17, 15) is 0 Å². The summed E-state index contributed by atoms with van der Waals surface area (Å²) in [5, 5.41) is 0. The van der Waals surface area contributed by atoms with Gasteiger partial charge in [-0.3, -0.25) is 0 Å². The molecule has 0 spiro atoms. The third-order valence-corrected chi connectivity index (χ3v) is 4.08. The van der Waals surface area contributed by atoms with Crippen LogP contribution in [0.25, 0.3) is 0 Å². The fourth-order valence-corrected chi connectivity index (χ4v) is 3.13. The Morgan fingerprint density at radius 1 is 1.07 bits per heavy atom. The molecule has 1 aliphatic rings. The van der Waals surface area contributed by atoms with Crippen LogP contribution >= 0.6 is 12.6 Å². The third kappa shape index (κ3) is 4.25. The molecule has 1 aliphatic carbocycles. The highest BCUT2D eigenvalue weighted by Gasteiger charge is 2.27. The molecule has 2 unspecified atom stereocenters. The smallest absolute Gasteiger partial charge is 0.0104 e. The van der Waals surface area contributed by atoms with Gasteiger partial charge in [0.2, 0.25) is 0 Å². The molecule has 1 fully saturated rings. The second-order valence-electron chi connectivity index (χ2n) is 6.36. The van der Waals surface area contributed by atoms with E-state index in [1.165, 1.54) is 38.5 Å². The number of hydrogen-bond donors (Lipinski definition) is 1. The van der Waals surface area contributed by atoms with Crippen molar-refractivity contribution in [3.8, 4) is 0 Å². The fraction of sp³-hybridized carbons (Fsp3) is 1.00. The third-order valence-electron chi connectivity index (χ3n) is 3.67. The Kier molecular flexibility index (Phi) is 3.96. The second-order valence-corrected chi connectivity index (χ2v) is 7.44. The van der Waals surface area contributed by atoms with Gasteiger partial charge < -0.3 is 0 Å². The van der Waals surface area contributed by atoms with Crippen LogP contribution in [0.2, 0.25) is 0 Å². The minimum atomic E-state index is 0.278. The average Bonchev–Trinajstić information content (AvgIpc) is 2.01. The highest BCUT2D eigenvalue weighted by atomic mass is 32.1. The quantitative estimate of drug-likeness (QED) is 0.556. The summed E-state index contributed by atoms with van der Waals surface area (Å²) in [5.74, 6) is 0.842. The van der Waals surface area contributed by atoms with Gasteiger partial charge in [0, 0.05) is 4.75 Å². The van der Waals surface area contributed by atoms with Gasteiger partial charge in [0.1, 0.15) is 0 Å². The molecule has 1 saturated carbocycles. The standard InChI is InChI=1S/C13H26S/c1-11-6-9-12(2,3)7-5-8-13(4,14)10-11/h11,14H,5-10H2,1-4H3. The van der Waals surface area contributed by atoms with Gasteiger partial charge in [-0.25, -0.2) is 0 Å². The van der Waals surface area contributed by atoms with E-state index < -0.39 is 0 Å². The zero-order valence-electron chi connectivity index (χ0n) is 10.3. The first-order valence-electron chi connectivity index (χ1n) is 6.03. The maximum absolute atomic E-state index is 4.80. The van der Waals surface area contributed by atoms with Crippen molar-refractivity contribution in [3.63, 3.8) is 0 Å². The molecule has 0 amide bonds. The predicted molar refractivity (Wildman–Crippen MR) is 68.0 cm³/mol. The Bertz CT molecular complexity index is 182. The summed E-state index contributed by atoms with van der Waals surface area (Å²) >= 11 is 4.80. The Balaban J connectivity index is 2.60. The number of hydrogen-bond acceptors (Lipinski definition) is 1. The van der Waals surface area contributed by atoms with E-state index in [1.54, 1.807) is 0 Å². The lowest BCUT2D eigenvalue weighted by Crippen LogP contribution is -2.19. The minimum absolute atomic E-state index is 0.278. The zero-order valence-corrected chi connectivity index (χ0v) is 11.2. The summed E-state index contributed by atoms with van der Waals surface area (Å²) in [6, 6.07) is 0. The molecule has 0 aromatic carbocycles. The summed E-state index contributed by atoms with van der Waals surface area (Å²) < 4.78 is 0.278. The highest BCUT2D eigenvalue weighted by molar-refractivity contribution is 7.81. The molecule has 0 saturated heterocycles. The van der Waals surface area contributed by atoms with Crippen LogP contribution in [-0.2, 0) is 0 Å². The van der Waals surface area contributed by atoms with E-state index >= 15 is 0 Å². The Labute approximate surface area is 95.3 Å². The molecule has 2 atom stereocenters. The normalized spacial score (nSPS) is 39.6. The lowest BCUT2D eigenvalue weighted by Gasteiger charge is -2.25. The van der Waals surface area contributed by atoms with Crippen LogP contribution in [-0.4, -0.2) is 4.75 Å². The van der Waals surface area contributed by atoms with Crippen molar-refractivity contribution < 1.29 is 0 Å². The summed E-state index contributed by atoms with van der Waals surface area (Å²) in [7, 11) is 0. The van der Waals surface area contributed by atoms with Crippen LogP contribution in [0, 0.1) is 11.3 Å². The van der Waals surface area contributed by atoms with Crippen molar-refractivity contribution in [3.05, 3.63) is 0 Å². The molecule has 0 aromatic heterocycles. The molecule has 0 radical (unpaired) electrons. The largest absolute Gasteiger partial charge is 0.173 e. The molecule has 0 nitrogen and oxygen atoms in total.